The first-order valence-corrected chi connectivity index (χ1v) is 7.01. The van der Waals surface area contributed by atoms with Gasteiger partial charge in [0.05, 0.1) is 0 Å². The average molecular weight is 248 g/mol. The van der Waals surface area contributed by atoms with E-state index in [2.05, 4.69) is 10.0 Å². The van der Waals surface area contributed by atoms with Crippen molar-refractivity contribution in [1.29, 1.82) is 0 Å². The zero-order chi connectivity index (χ0) is 11.5. The van der Waals surface area contributed by atoms with Crippen LogP contribution in [0.1, 0.15) is 18.7 Å². The molecule has 86 valence electrons. The molecule has 1 heterocycles. The minimum absolute atomic E-state index is 0.0788. The standard InChI is InChI=1S/C9H16N2O2S2/c1-7(2)11-15(12,13)9-5-4-8(14-9)6-10-3/h4-5,7,10-11H,6H2,1-3H3. The van der Waals surface area contributed by atoms with Gasteiger partial charge in [0.2, 0.25) is 10.0 Å². The molecule has 0 aliphatic heterocycles. The first-order valence-electron chi connectivity index (χ1n) is 4.71. The van der Waals surface area contributed by atoms with Crippen LogP contribution in [-0.4, -0.2) is 21.5 Å². The quantitative estimate of drug-likeness (QED) is 0.822. The van der Waals surface area contributed by atoms with Gasteiger partial charge in [-0.15, -0.1) is 11.3 Å². The first kappa shape index (κ1) is 12.6. The van der Waals surface area contributed by atoms with Gasteiger partial charge in [-0.1, -0.05) is 0 Å². The van der Waals surface area contributed by atoms with Crippen LogP contribution >= 0.6 is 11.3 Å². The molecule has 0 aromatic carbocycles. The fourth-order valence-corrected chi connectivity index (χ4v) is 3.78. The molecule has 0 spiro atoms. The van der Waals surface area contributed by atoms with Crippen molar-refractivity contribution in [2.45, 2.75) is 30.6 Å². The molecule has 0 fully saturated rings. The highest BCUT2D eigenvalue weighted by Gasteiger charge is 2.17. The largest absolute Gasteiger partial charge is 0.315 e. The van der Waals surface area contributed by atoms with Gasteiger partial charge in [0.15, 0.2) is 0 Å². The van der Waals surface area contributed by atoms with E-state index in [1.54, 1.807) is 19.9 Å². The second kappa shape index (κ2) is 5.07. The van der Waals surface area contributed by atoms with Crippen molar-refractivity contribution in [1.82, 2.24) is 10.0 Å². The summed E-state index contributed by atoms with van der Waals surface area (Å²) in [5, 5.41) is 2.98. The molecule has 0 radical (unpaired) electrons. The minimum Gasteiger partial charge on any atom is -0.315 e. The van der Waals surface area contributed by atoms with Gasteiger partial charge in [-0.25, -0.2) is 13.1 Å². The fraction of sp³-hybridized carbons (Fsp3) is 0.556. The summed E-state index contributed by atoms with van der Waals surface area (Å²) in [4.78, 5) is 1.02. The molecular weight excluding hydrogens is 232 g/mol. The summed E-state index contributed by atoms with van der Waals surface area (Å²) >= 11 is 1.29. The maximum Gasteiger partial charge on any atom is 0.250 e. The SMILES string of the molecule is CNCc1ccc(S(=O)(=O)NC(C)C)s1. The van der Waals surface area contributed by atoms with Gasteiger partial charge < -0.3 is 5.32 Å². The molecule has 0 aliphatic carbocycles. The predicted molar refractivity (Wildman–Crippen MR) is 62.5 cm³/mol. The Balaban J connectivity index is 2.86. The predicted octanol–water partition coefficient (Wildman–Crippen LogP) is 1.15. The lowest BCUT2D eigenvalue weighted by Gasteiger charge is -2.06. The summed E-state index contributed by atoms with van der Waals surface area (Å²) < 4.78 is 26.4. The number of thiophene rings is 1. The highest BCUT2D eigenvalue weighted by molar-refractivity contribution is 7.91. The summed E-state index contributed by atoms with van der Waals surface area (Å²) in [5.41, 5.74) is 0. The van der Waals surface area contributed by atoms with Crippen LogP contribution in [0.5, 0.6) is 0 Å². The van der Waals surface area contributed by atoms with Crippen molar-refractivity contribution in [2.75, 3.05) is 7.05 Å². The minimum atomic E-state index is -3.32. The highest BCUT2D eigenvalue weighted by atomic mass is 32.2. The van der Waals surface area contributed by atoms with Crippen LogP contribution in [0.25, 0.3) is 0 Å². The fourth-order valence-electron chi connectivity index (χ4n) is 1.14. The van der Waals surface area contributed by atoms with Crippen molar-refractivity contribution in [3.63, 3.8) is 0 Å². The van der Waals surface area contributed by atoms with Crippen LogP contribution in [0, 0.1) is 0 Å². The lowest BCUT2D eigenvalue weighted by molar-refractivity contribution is 0.572. The molecule has 4 nitrogen and oxygen atoms in total. The summed E-state index contributed by atoms with van der Waals surface area (Å²) in [5.74, 6) is 0. The summed E-state index contributed by atoms with van der Waals surface area (Å²) in [7, 11) is -1.48. The van der Waals surface area contributed by atoms with Crippen LogP contribution in [0.2, 0.25) is 0 Å². The Hall–Kier alpha value is -0.430. The molecule has 0 aliphatic rings. The molecule has 0 saturated carbocycles. The zero-order valence-electron chi connectivity index (χ0n) is 9.07. The Bertz CT molecular complexity index is 410. The Kier molecular flexibility index (Phi) is 4.27. The van der Waals surface area contributed by atoms with Crippen LogP contribution in [0.15, 0.2) is 16.3 Å². The van der Waals surface area contributed by atoms with Gasteiger partial charge in [-0.3, -0.25) is 0 Å². The summed E-state index contributed by atoms with van der Waals surface area (Å²) in [6.07, 6.45) is 0. The van der Waals surface area contributed by atoms with Crippen molar-refractivity contribution in [3.05, 3.63) is 17.0 Å². The highest BCUT2D eigenvalue weighted by Crippen LogP contribution is 2.21. The second-order valence-electron chi connectivity index (χ2n) is 3.53. The maximum absolute atomic E-state index is 11.7. The van der Waals surface area contributed by atoms with E-state index < -0.39 is 10.0 Å². The second-order valence-corrected chi connectivity index (χ2v) is 6.64. The Labute approximate surface area is 94.8 Å². The molecule has 15 heavy (non-hydrogen) atoms. The van der Waals surface area contributed by atoms with E-state index in [-0.39, 0.29) is 6.04 Å². The molecule has 0 saturated heterocycles. The van der Waals surface area contributed by atoms with E-state index in [1.807, 2.05) is 13.1 Å². The molecule has 0 amide bonds. The lowest BCUT2D eigenvalue weighted by atomic mass is 10.4. The van der Waals surface area contributed by atoms with Gasteiger partial charge in [0, 0.05) is 17.5 Å². The molecule has 0 bridgehead atoms. The molecule has 0 unspecified atom stereocenters. The van der Waals surface area contributed by atoms with Gasteiger partial charge in [-0.2, -0.15) is 0 Å². The van der Waals surface area contributed by atoms with Gasteiger partial charge in [-0.05, 0) is 33.0 Å². The third-order valence-corrected chi connectivity index (χ3v) is 4.88. The van der Waals surface area contributed by atoms with E-state index in [9.17, 15) is 8.42 Å². The van der Waals surface area contributed by atoms with E-state index in [0.29, 0.717) is 10.8 Å². The number of hydrogen-bond donors (Lipinski definition) is 2. The number of hydrogen-bond acceptors (Lipinski definition) is 4. The normalized spacial score (nSPS) is 12.3. The Morgan fingerprint density at radius 1 is 1.40 bits per heavy atom. The Morgan fingerprint density at radius 2 is 2.07 bits per heavy atom. The molecule has 1 aromatic heterocycles. The van der Waals surface area contributed by atoms with E-state index in [0.717, 1.165) is 4.88 Å². The molecule has 1 aromatic rings. The monoisotopic (exact) mass is 248 g/mol. The van der Waals surface area contributed by atoms with Gasteiger partial charge in [0.25, 0.3) is 0 Å². The van der Waals surface area contributed by atoms with Crippen molar-refractivity contribution >= 4 is 21.4 Å². The van der Waals surface area contributed by atoms with Gasteiger partial charge >= 0.3 is 0 Å². The van der Waals surface area contributed by atoms with E-state index in [1.165, 1.54) is 11.3 Å². The topological polar surface area (TPSA) is 58.2 Å². The third kappa shape index (κ3) is 3.57. The zero-order valence-corrected chi connectivity index (χ0v) is 10.7. The number of nitrogens with one attached hydrogen (secondary N) is 2. The molecule has 6 heteroatoms. The molecule has 2 N–H and O–H groups in total. The van der Waals surface area contributed by atoms with Crippen LogP contribution < -0.4 is 10.0 Å². The van der Waals surface area contributed by atoms with E-state index in [4.69, 9.17) is 0 Å². The number of sulfonamides is 1. The van der Waals surface area contributed by atoms with Gasteiger partial charge in [0.1, 0.15) is 4.21 Å². The Morgan fingerprint density at radius 3 is 2.60 bits per heavy atom. The van der Waals surface area contributed by atoms with Crippen LogP contribution in [0.3, 0.4) is 0 Å². The maximum atomic E-state index is 11.7. The van der Waals surface area contributed by atoms with Crippen molar-refractivity contribution in [2.24, 2.45) is 0 Å². The molecular formula is C9H16N2O2S2. The van der Waals surface area contributed by atoms with Crippen molar-refractivity contribution in [3.8, 4) is 0 Å². The molecule has 1 rings (SSSR count). The average Bonchev–Trinajstić information content (AvgIpc) is 2.51. The molecule has 0 atom stereocenters. The first-order chi connectivity index (χ1) is 6.95. The lowest BCUT2D eigenvalue weighted by Crippen LogP contribution is -2.29. The number of rotatable bonds is 5. The summed E-state index contributed by atoms with van der Waals surface area (Å²) in [6, 6.07) is 3.39. The van der Waals surface area contributed by atoms with Crippen LogP contribution in [-0.2, 0) is 16.6 Å². The van der Waals surface area contributed by atoms with Crippen LogP contribution in [0.4, 0.5) is 0 Å². The van der Waals surface area contributed by atoms with Crippen molar-refractivity contribution < 1.29 is 8.42 Å². The van der Waals surface area contributed by atoms with E-state index >= 15 is 0 Å². The third-order valence-electron chi connectivity index (χ3n) is 1.64. The summed E-state index contributed by atoms with van der Waals surface area (Å²) in [6.45, 7) is 4.31. The smallest absolute Gasteiger partial charge is 0.250 e.